The summed E-state index contributed by atoms with van der Waals surface area (Å²) in [4.78, 5) is 11.3. The summed E-state index contributed by atoms with van der Waals surface area (Å²) in [5.74, 6) is -0.00928. The highest BCUT2D eigenvalue weighted by atomic mass is 79.9. The molecule has 0 aliphatic carbocycles. The molecule has 3 N–H and O–H groups in total. The van der Waals surface area contributed by atoms with Crippen LogP contribution < -0.4 is 11.1 Å². The van der Waals surface area contributed by atoms with Gasteiger partial charge in [0.15, 0.2) is 0 Å². The number of carbonyl (C=O) groups is 1. The Morgan fingerprint density at radius 1 is 1.56 bits per heavy atom. The average molecular weight is 308 g/mol. The number of halogens is 2. The highest BCUT2D eigenvalue weighted by Crippen LogP contribution is 2.11. The van der Waals surface area contributed by atoms with Gasteiger partial charge in [-0.3, -0.25) is 4.79 Å². The second kappa shape index (κ2) is 7.65. The lowest BCUT2D eigenvalue weighted by Gasteiger charge is -2.07. The zero-order chi connectivity index (χ0) is 11.3. The molecular weight excluding hydrogens is 291 g/mol. The molecular formula is C11H16BrClN2O. The number of benzene rings is 1. The maximum atomic E-state index is 11.3. The summed E-state index contributed by atoms with van der Waals surface area (Å²) >= 11 is 3.38. The fraction of sp³-hybridized carbons (Fsp3) is 0.364. The lowest BCUT2D eigenvalue weighted by atomic mass is 10.2. The van der Waals surface area contributed by atoms with Crippen molar-refractivity contribution in [2.24, 2.45) is 5.73 Å². The third-order valence-electron chi connectivity index (χ3n) is 1.89. The first-order chi connectivity index (χ1) is 7.08. The Labute approximate surface area is 110 Å². The first kappa shape index (κ1) is 15.4. The smallest absolute Gasteiger partial charge is 0.221 e. The largest absolute Gasteiger partial charge is 0.352 e. The minimum atomic E-state index is -0.0903. The van der Waals surface area contributed by atoms with E-state index in [1.165, 1.54) is 0 Å². The standard InChI is InChI=1S/C11H15BrN2O.ClH/c1-8(13)5-11(15)14-7-9-3-2-4-10(12)6-9;/h2-4,6,8H,5,7,13H2,1H3,(H,14,15);1H. The molecule has 1 rings (SSSR count). The van der Waals surface area contributed by atoms with Gasteiger partial charge < -0.3 is 11.1 Å². The maximum absolute atomic E-state index is 11.3. The summed E-state index contributed by atoms with van der Waals surface area (Å²) in [5, 5.41) is 2.82. The Morgan fingerprint density at radius 2 is 2.25 bits per heavy atom. The van der Waals surface area contributed by atoms with E-state index in [4.69, 9.17) is 5.73 Å². The van der Waals surface area contributed by atoms with Gasteiger partial charge in [0, 0.05) is 23.5 Å². The molecule has 0 aliphatic heterocycles. The fourth-order valence-electron chi connectivity index (χ4n) is 1.21. The van der Waals surface area contributed by atoms with Gasteiger partial charge in [-0.1, -0.05) is 28.1 Å². The Hall–Kier alpha value is -0.580. The number of nitrogens with one attached hydrogen (secondary N) is 1. The van der Waals surface area contributed by atoms with E-state index in [0.29, 0.717) is 13.0 Å². The molecule has 5 heteroatoms. The van der Waals surface area contributed by atoms with Gasteiger partial charge in [-0.15, -0.1) is 12.4 Å². The molecule has 1 amide bonds. The van der Waals surface area contributed by atoms with Gasteiger partial charge >= 0.3 is 0 Å². The van der Waals surface area contributed by atoms with Gasteiger partial charge in [0.1, 0.15) is 0 Å². The minimum Gasteiger partial charge on any atom is -0.352 e. The zero-order valence-corrected chi connectivity index (χ0v) is 11.5. The predicted octanol–water partition coefficient (Wildman–Crippen LogP) is 2.22. The molecule has 3 nitrogen and oxygen atoms in total. The molecule has 0 spiro atoms. The van der Waals surface area contributed by atoms with E-state index in [1.54, 1.807) is 0 Å². The van der Waals surface area contributed by atoms with Crippen LogP contribution in [0.2, 0.25) is 0 Å². The van der Waals surface area contributed by atoms with E-state index in [0.717, 1.165) is 10.0 Å². The molecule has 0 aromatic heterocycles. The highest BCUT2D eigenvalue weighted by molar-refractivity contribution is 9.10. The Kier molecular flexibility index (Phi) is 7.38. The monoisotopic (exact) mass is 306 g/mol. The van der Waals surface area contributed by atoms with Crippen molar-refractivity contribution in [1.29, 1.82) is 0 Å². The van der Waals surface area contributed by atoms with Crippen LogP contribution in [-0.4, -0.2) is 11.9 Å². The second-order valence-electron chi connectivity index (χ2n) is 3.59. The molecule has 0 radical (unpaired) electrons. The highest BCUT2D eigenvalue weighted by Gasteiger charge is 2.04. The molecule has 0 saturated heterocycles. The summed E-state index contributed by atoms with van der Waals surface area (Å²) in [6.45, 7) is 2.36. The SMILES string of the molecule is CC(N)CC(=O)NCc1cccc(Br)c1.Cl. The van der Waals surface area contributed by atoms with E-state index in [9.17, 15) is 4.79 Å². The zero-order valence-electron chi connectivity index (χ0n) is 9.07. The summed E-state index contributed by atoms with van der Waals surface area (Å²) < 4.78 is 1.02. The van der Waals surface area contributed by atoms with Gasteiger partial charge in [0.05, 0.1) is 0 Å². The number of nitrogens with two attached hydrogens (primary N) is 1. The van der Waals surface area contributed by atoms with Crippen LogP contribution in [-0.2, 0) is 11.3 Å². The first-order valence-electron chi connectivity index (χ1n) is 4.84. The van der Waals surface area contributed by atoms with Crippen LogP contribution in [0.5, 0.6) is 0 Å². The molecule has 1 aromatic rings. The van der Waals surface area contributed by atoms with Crippen molar-refractivity contribution in [2.45, 2.75) is 25.9 Å². The van der Waals surface area contributed by atoms with Gasteiger partial charge in [-0.25, -0.2) is 0 Å². The molecule has 1 unspecified atom stereocenters. The summed E-state index contributed by atoms with van der Waals surface area (Å²) in [6.07, 6.45) is 0.369. The van der Waals surface area contributed by atoms with Crippen LogP contribution >= 0.6 is 28.3 Å². The van der Waals surface area contributed by atoms with Crippen LogP contribution in [0.4, 0.5) is 0 Å². The summed E-state index contributed by atoms with van der Waals surface area (Å²) in [7, 11) is 0. The van der Waals surface area contributed by atoms with Gasteiger partial charge in [0.2, 0.25) is 5.91 Å². The van der Waals surface area contributed by atoms with Gasteiger partial charge in [-0.05, 0) is 24.6 Å². The van der Waals surface area contributed by atoms with E-state index in [1.807, 2.05) is 31.2 Å². The molecule has 90 valence electrons. The fourth-order valence-corrected chi connectivity index (χ4v) is 1.66. The summed E-state index contributed by atoms with van der Waals surface area (Å²) in [5.41, 5.74) is 6.59. The molecule has 0 saturated carbocycles. The van der Waals surface area contributed by atoms with Crippen molar-refractivity contribution in [2.75, 3.05) is 0 Å². The topological polar surface area (TPSA) is 55.1 Å². The lowest BCUT2D eigenvalue weighted by Crippen LogP contribution is -2.29. The van der Waals surface area contributed by atoms with Gasteiger partial charge in [-0.2, -0.15) is 0 Å². The van der Waals surface area contributed by atoms with E-state index >= 15 is 0 Å². The molecule has 16 heavy (non-hydrogen) atoms. The maximum Gasteiger partial charge on any atom is 0.221 e. The molecule has 0 heterocycles. The number of carbonyl (C=O) groups excluding carboxylic acids is 1. The molecule has 0 bridgehead atoms. The molecule has 1 atom stereocenters. The third kappa shape index (κ3) is 6.10. The van der Waals surface area contributed by atoms with Crippen LogP contribution in [0.15, 0.2) is 28.7 Å². The predicted molar refractivity (Wildman–Crippen MR) is 71.5 cm³/mol. The quantitative estimate of drug-likeness (QED) is 0.896. The third-order valence-corrected chi connectivity index (χ3v) is 2.38. The lowest BCUT2D eigenvalue weighted by molar-refractivity contribution is -0.121. The number of hydrogen-bond acceptors (Lipinski definition) is 2. The number of amides is 1. The van der Waals surface area contributed by atoms with Crippen molar-refractivity contribution in [3.05, 3.63) is 34.3 Å². The van der Waals surface area contributed by atoms with Crippen molar-refractivity contribution >= 4 is 34.2 Å². The second-order valence-corrected chi connectivity index (χ2v) is 4.50. The molecule has 1 aromatic carbocycles. The Balaban J connectivity index is 0.00000225. The minimum absolute atomic E-state index is 0. The Bertz CT molecular complexity index is 345. The van der Waals surface area contributed by atoms with E-state index in [-0.39, 0.29) is 24.4 Å². The number of hydrogen-bond donors (Lipinski definition) is 2. The van der Waals surface area contributed by atoms with Crippen molar-refractivity contribution in [1.82, 2.24) is 5.32 Å². The van der Waals surface area contributed by atoms with Gasteiger partial charge in [0.25, 0.3) is 0 Å². The molecule has 0 aliphatic rings. The number of rotatable bonds is 4. The van der Waals surface area contributed by atoms with Crippen molar-refractivity contribution in [3.8, 4) is 0 Å². The summed E-state index contributed by atoms with van der Waals surface area (Å²) in [6, 6.07) is 7.75. The van der Waals surface area contributed by atoms with E-state index < -0.39 is 0 Å². The van der Waals surface area contributed by atoms with Crippen LogP contribution in [0.25, 0.3) is 0 Å². The average Bonchev–Trinajstić information content (AvgIpc) is 2.14. The molecule has 0 fully saturated rings. The van der Waals surface area contributed by atoms with E-state index in [2.05, 4.69) is 21.2 Å². The van der Waals surface area contributed by atoms with Crippen LogP contribution in [0.3, 0.4) is 0 Å². The Morgan fingerprint density at radius 3 is 2.81 bits per heavy atom. The normalized spacial score (nSPS) is 11.4. The first-order valence-corrected chi connectivity index (χ1v) is 5.64. The van der Waals surface area contributed by atoms with Crippen molar-refractivity contribution < 1.29 is 4.79 Å². The van der Waals surface area contributed by atoms with Crippen molar-refractivity contribution in [3.63, 3.8) is 0 Å². The van der Waals surface area contributed by atoms with Crippen LogP contribution in [0.1, 0.15) is 18.9 Å². The van der Waals surface area contributed by atoms with Crippen LogP contribution in [0, 0.1) is 0 Å².